The molecule has 1 rings (SSSR count). The van der Waals surface area contributed by atoms with Crippen LogP contribution in [0.2, 0.25) is 0 Å². The first-order chi connectivity index (χ1) is 7.02. The second-order valence-electron chi connectivity index (χ2n) is 3.97. The second kappa shape index (κ2) is 5.82. The molecule has 0 aliphatic carbocycles. The van der Waals surface area contributed by atoms with E-state index in [1.807, 2.05) is 19.9 Å². The van der Waals surface area contributed by atoms with E-state index in [-0.39, 0.29) is 12.1 Å². The van der Waals surface area contributed by atoms with Crippen LogP contribution in [0, 0.1) is 10.5 Å². The molecule has 84 valence electrons. The predicted octanol–water partition coefficient (Wildman–Crippen LogP) is 3.02. The van der Waals surface area contributed by atoms with Crippen LogP contribution in [0.15, 0.2) is 18.2 Å². The van der Waals surface area contributed by atoms with Crippen LogP contribution >= 0.6 is 22.6 Å². The Morgan fingerprint density at radius 3 is 2.67 bits per heavy atom. The van der Waals surface area contributed by atoms with Crippen LogP contribution in [0.4, 0.5) is 0 Å². The number of hydrogen-bond acceptors (Lipinski definition) is 2. The first kappa shape index (κ1) is 12.9. The summed E-state index contributed by atoms with van der Waals surface area (Å²) in [5.41, 5.74) is 8.53. The standard InChI is InChI=1S/C12H18INO/c1-8(2)15-7-11(14)10-6-4-5-9(3)12(10)13/h4-6,8,11H,7,14H2,1-3H3. The van der Waals surface area contributed by atoms with Gasteiger partial charge in [-0.25, -0.2) is 0 Å². The summed E-state index contributed by atoms with van der Waals surface area (Å²) in [4.78, 5) is 0. The van der Waals surface area contributed by atoms with Crippen molar-refractivity contribution in [3.63, 3.8) is 0 Å². The number of rotatable bonds is 4. The summed E-state index contributed by atoms with van der Waals surface area (Å²) in [5, 5.41) is 0. The average molecular weight is 319 g/mol. The van der Waals surface area contributed by atoms with Crippen molar-refractivity contribution in [3.8, 4) is 0 Å². The topological polar surface area (TPSA) is 35.2 Å². The van der Waals surface area contributed by atoms with E-state index < -0.39 is 0 Å². The molecule has 0 aliphatic rings. The molecule has 0 radical (unpaired) electrons. The van der Waals surface area contributed by atoms with Gasteiger partial charge < -0.3 is 10.5 Å². The molecule has 3 heteroatoms. The molecule has 1 aromatic rings. The van der Waals surface area contributed by atoms with E-state index in [1.165, 1.54) is 14.7 Å². The van der Waals surface area contributed by atoms with E-state index in [2.05, 4.69) is 41.6 Å². The van der Waals surface area contributed by atoms with E-state index in [0.29, 0.717) is 6.61 Å². The molecule has 0 spiro atoms. The number of nitrogens with two attached hydrogens (primary N) is 1. The van der Waals surface area contributed by atoms with Gasteiger partial charge >= 0.3 is 0 Å². The number of benzene rings is 1. The highest BCUT2D eigenvalue weighted by molar-refractivity contribution is 14.1. The molecule has 0 saturated carbocycles. The zero-order chi connectivity index (χ0) is 11.4. The Bertz CT molecular complexity index is 325. The Hall–Kier alpha value is -0.130. The second-order valence-corrected chi connectivity index (χ2v) is 5.05. The maximum Gasteiger partial charge on any atom is 0.0663 e. The van der Waals surface area contributed by atoms with Crippen LogP contribution in [0.5, 0.6) is 0 Å². The summed E-state index contributed by atoms with van der Waals surface area (Å²) in [6.07, 6.45) is 0.235. The third-order valence-electron chi connectivity index (χ3n) is 2.23. The predicted molar refractivity (Wildman–Crippen MR) is 71.9 cm³/mol. The molecule has 2 nitrogen and oxygen atoms in total. The summed E-state index contributed by atoms with van der Waals surface area (Å²) in [6, 6.07) is 6.19. The maximum atomic E-state index is 6.08. The van der Waals surface area contributed by atoms with Gasteiger partial charge in [-0.1, -0.05) is 18.2 Å². The van der Waals surface area contributed by atoms with E-state index in [9.17, 15) is 0 Å². The fourth-order valence-corrected chi connectivity index (χ4v) is 2.10. The van der Waals surface area contributed by atoms with Crippen molar-refractivity contribution < 1.29 is 4.74 Å². The molecular weight excluding hydrogens is 301 g/mol. The van der Waals surface area contributed by atoms with Gasteiger partial charge in [-0.15, -0.1) is 0 Å². The van der Waals surface area contributed by atoms with Gasteiger partial charge in [-0.2, -0.15) is 0 Å². The van der Waals surface area contributed by atoms with E-state index in [4.69, 9.17) is 10.5 Å². The summed E-state index contributed by atoms with van der Waals surface area (Å²) in [6.45, 7) is 6.72. The molecule has 0 heterocycles. The number of ether oxygens (including phenoxy) is 1. The Morgan fingerprint density at radius 2 is 2.07 bits per heavy atom. The lowest BCUT2D eigenvalue weighted by atomic mass is 10.1. The highest BCUT2D eigenvalue weighted by Crippen LogP contribution is 2.22. The van der Waals surface area contributed by atoms with Crippen LogP contribution in [0.1, 0.15) is 31.0 Å². The minimum absolute atomic E-state index is 0.0285. The summed E-state index contributed by atoms with van der Waals surface area (Å²) >= 11 is 2.34. The van der Waals surface area contributed by atoms with Gasteiger partial charge in [0.2, 0.25) is 0 Å². The molecule has 1 unspecified atom stereocenters. The van der Waals surface area contributed by atoms with E-state index in [0.717, 1.165) is 0 Å². The zero-order valence-electron chi connectivity index (χ0n) is 9.46. The highest BCUT2D eigenvalue weighted by atomic mass is 127. The molecule has 15 heavy (non-hydrogen) atoms. The first-order valence-electron chi connectivity index (χ1n) is 5.14. The average Bonchev–Trinajstić information content (AvgIpc) is 2.18. The quantitative estimate of drug-likeness (QED) is 0.866. The van der Waals surface area contributed by atoms with Gasteiger partial charge in [-0.05, 0) is 54.5 Å². The minimum Gasteiger partial charge on any atom is -0.377 e. The van der Waals surface area contributed by atoms with Gasteiger partial charge in [-0.3, -0.25) is 0 Å². The maximum absolute atomic E-state index is 6.08. The van der Waals surface area contributed by atoms with Crippen molar-refractivity contribution in [2.24, 2.45) is 5.73 Å². The largest absolute Gasteiger partial charge is 0.377 e. The van der Waals surface area contributed by atoms with Crippen molar-refractivity contribution in [2.45, 2.75) is 32.9 Å². The van der Waals surface area contributed by atoms with Crippen molar-refractivity contribution in [3.05, 3.63) is 32.9 Å². The lowest BCUT2D eigenvalue weighted by Crippen LogP contribution is -2.20. The van der Waals surface area contributed by atoms with Crippen LogP contribution in [0.3, 0.4) is 0 Å². The summed E-state index contributed by atoms with van der Waals surface area (Å²) < 4.78 is 6.77. The molecule has 1 atom stereocenters. The Kier molecular flexibility index (Phi) is 5.02. The number of aryl methyl sites for hydroxylation is 1. The summed E-state index contributed by atoms with van der Waals surface area (Å²) in [5.74, 6) is 0. The third-order valence-corrected chi connectivity index (χ3v) is 3.70. The lowest BCUT2D eigenvalue weighted by molar-refractivity contribution is 0.0682. The van der Waals surface area contributed by atoms with Gasteiger partial charge in [0.1, 0.15) is 0 Å². The minimum atomic E-state index is -0.0285. The lowest BCUT2D eigenvalue weighted by Gasteiger charge is -2.17. The van der Waals surface area contributed by atoms with Gasteiger partial charge in [0.15, 0.2) is 0 Å². The van der Waals surface area contributed by atoms with E-state index >= 15 is 0 Å². The smallest absolute Gasteiger partial charge is 0.0663 e. The van der Waals surface area contributed by atoms with Crippen molar-refractivity contribution in [2.75, 3.05) is 6.61 Å². The third kappa shape index (κ3) is 3.74. The van der Waals surface area contributed by atoms with Gasteiger partial charge in [0.05, 0.1) is 18.8 Å². The van der Waals surface area contributed by atoms with E-state index in [1.54, 1.807) is 0 Å². The SMILES string of the molecule is Cc1cccc(C(N)COC(C)C)c1I. The molecule has 0 amide bonds. The zero-order valence-corrected chi connectivity index (χ0v) is 11.6. The molecule has 0 saturated heterocycles. The van der Waals surface area contributed by atoms with Crippen LogP contribution < -0.4 is 5.73 Å². The van der Waals surface area contributed by atoms with Crippen molar-refractivity contribution in [1.82, 2.24) is 0 Å². The first-order valence-corrected chi connectivity index (χ1v) is 6.22. The van der Waals surface area contributed by atoms with Crippen LogP contribution in [0.25, 0.3) is 0 Å². The monoisotopic (exact) mass is 319 g/mol. The molecule has 0 fully saturated rings. The van der Waals surface area contributed by atoms with Crippen LogP contribution in [-0.4, -0.2) is 12.7 Å². The fraction of sp³-hybridized carbons (Fsp3) is 0.500. The normalized spacial score (nSPS) is 13.2. The number of hydrogen-bond donors (Lipinski definition) is 1. The van der Waals surface area contributed by atoms with Crippen molar-refractivity contribution in [1.29, 1.82) is 0 Å². The Labute approximate surface area is 105 Å². The van der Waals surface area contributed by atoms with Crippen molar-refractivity contribution >= 4 is 22.6 Å². The molecule has 1 aromatic carbocycles. The Balaban J connectivity index is 2.73. The van der Waals surface area contributed by atoms with Gasteiger partial charge in [0.25, 0.3) is 0 Å². The molecule has 2 N–H and O–H groups in total. The molecular formula is C12H18INO. The Morgan fingerprint density at radius 1 is 1.40 bits per heavy atom. The highest BCUT2D eigenvalue weighted by Gasteiger charge is 2.11. The van der Waals surface area contributed by atoms with Crippen LogP contribution in [-0.2, 0) is 4.74 Å². The molecule has 0 aromatic heterocycles. The molecule has 0 bridgehead atoms. The fourth-order valence-electron chi connectivity index (χ4n) is 1.34. The summed E-state index contributed by atoms with van der Waals surface area (Å²) in [7, 11) is 0. The van der Waals surface area contributed by atoms with Gasteiger partial charge in [0, 0.05) is 3.57 Å². The molecule has 0 aliphatic heterocycles. The number of halogens is 1.